The lowest BCUT2D eigenvalue weighted by Gasteiger charge is -2.24. The number of benzene rings is 4. The fourth-order valence-electron chi connectivity index (χ4n) is 6.19. The fourth-order valence-corrected chi connectivity index (χ4v) is 9.63. The van der Waals surface area contributed by atoms with Gasteiger partial charge in [0.05, 0.1) is 11.2 Å². The summed E-state index contributed by atoms with van der Waals surface area (Å²) in [6.45, 7) is 16.6. The van der Waals surface area contributed by atoms with Crippen LogP contribution in [0.15, 0.2) is 78.9 Å². The Morgan fingerprint density at radius 3 is 2.19 bits per heavy atom. The summed E-state index contributed by atoms with van der Waals surface area (Å²) in [7, 11) is -1.93. The monoisotopic (exact) mass is 485 g/mol. The largest absolute Gasteiger partial charge is 0.247 e. The van der Waals surface area contributed by atoms with Crippen LogP contribution in [0.25, 0.3) is 44.1 Å². The van der Waals surface area contributed by atoms with Crippen molar-refractivity contribution in [3.05, 3.63) is 90.0 Å². The highest BCUT2D eigenvalue weighted by Crippen LogP contribution is 2.41. The minimum absolute atomic E-state index is 0.0354. The van der Waals surface area contributed by atoms with Crippen LogP contribution in [-0.4, -0.2) is 13.1 Å². The van der Waals surface area contributed by atoms with E-state index >= 15 is 0 Å². The van der Waals surface area contributed by atoms with Crippen LogP contribution < -0.4 is 10.4 Å². The molecule has 0 saturated carbocycles. The van der Waals surface area contributed by atoms with Gasteiger partial charge in [0.15, 0.2) is 0 Å². The van der Waals surface area contributed by atoms with Crippen molar-refractivity contribution in [2.45, 2.75) is 59.0 Å². The lowest BCUT2D eigenvalue weighted by Crippen LogP contribution is -2.49. The Labute approximate surface area is 216 Å². The summed E-state index contributed by atoms with van der Waals surface area (Å²) in [6.07, 6.45) is 0. The normalized spacial score (nSPS) is 14.4. The minimum Gasteiger partial charge on any atom is -0.247 e. The highest BCUT2D eigenvalue weighted by Gasteiger charge is 2.41. The molecule has 0 amide bonds. The Bertz CT molecular complexity index is 1670. The van der Waals surface area contributed by atoms with Crippen molar-refractivity contribution < 1.29 is 0 Å². The van der Waals surface area contributed by atoms with E-state index in [1.807, 2.05) is 0 Å². The molecule has 0 radical (unpaired) electrons. The maximum absolute atomic E-state index is 5.39. The van der Waals surface area contributed by atoms with E-state index in [4.69, 9.17) is 4.98 Å². The smallest absolute Gasteiger partial charge is 0.114 e. The van der Waals surface area contributed by atoms with Crippen LogP contribution in [0.5, 0.6) is 0 Å². The summed E-state index contributed by atoms with van der Waals surface area (Å²) >= 11 is 0. The lowest BCUT2D eigenvalue weighted by atomic mass is 9.81. The average Bonchev–Trinajstić information content (AvgIpc) is 3.09. The van der Waals surface area contributed by atoms with E-state index < -0.39 is 8.07 Å². The van der Waals surface area contributed by atoms with Gasteiger partial charge in [-0.2, -0.15) is 0 Å². The maximum atomic E-state index is 5.39. The third kappa shape index (κ3) is 3.38. The van der Waals surface area contributed by atoms with Crippen molar-refractivity contribution in [2.75, 3.05) is 0 Å². The topological polar surface area (TPSA) is 12.9 Å². The predicted octanol–water partition coefficient (Wildman–Crippen LogP) is 8.28. The van der Waals surface area contributed by atoms with Gasteiger partial charge in [0.25, 0.3) is 0 Å². The molecule has 5 aromatic rings. The maximum Gasteiger partial charge on any atom is 0.114 e. The van der Waals surface area contributed by atoms with E-state index in [0.717, 1.165) is 11.2 Å². The zero-order valence-corrected chi connectivity index (χ0v) is 23.5. The molecule has 2 heterocycles. The summed E-state index contributed by atoms with van der Waals surface area (Å²) in [5.74, 6) is 0.521. The van der Waals surface area contributed by atoms with Gasteiger partial charge in [-0.1, -0.05) is 108 Å². The van der Waals surface area contributed by atoms with E-state index in [-0.39, 0.29) is 5.41 Å². The number of para-hydroxylation sites is 1. The average molecular weight is 486 g/mol. The first-order valence-corrected chi connectivity index (χ1v) is 16.2. The van der Waals surface area contributed by atoms with E-state index in [9.17, 15) is 0 Å². The van der Waals surface area contributed by atoms with Crippen LogP contribution in [-0.2, 0) is 5.41 Å². The molecule has 36 heavy (non-hydrogen) atoms. The molecule has 0 bridgehead atoms. The molecule has 1 aliphatic rings. The van der Waals surface area contributed by atoms with Crippen LogP contribution >= 0.6 is 0 Å². The predicted molar refractivity (Wildman–Crippen MR) is 160 cm³/mol. The Balaban J connectivity index is 1.75. The molecular weight excluding hydrogens is 450 g/mol. The summed E-state index contributed by atoms with van der Waals surface area (Å²) in [5, 5.41) is 7.05. The van der Waals surface area contributed by atoms with E-state index in [1.165, 1.54) is 44.0 Å². The number of rotatable bonds is 2. The molecule has 6 rings (SSSR count). The standard InChI is InChI=1S/C34H35NSi/c1-21(2)22-16-17-27-30(20-22)36(6,7)33-26-14-10-11-15-29(26)35-32(31(27)33)24-18-23-12-8-9-13-25(23)28(19-24)34(3,4)5/h8-21H,1-7H3. The first kappa shape index (κ1) is 23.2. The van der Waals surface area contributed by atoms with Gasteiger partial charge < -0.3 is 0 Å². The number of aromatic nitrogens is 1. The van der Waals surface area contributed by atoms with Crippen LogP contribution in [0, 0.1) is 0 Å². The Kier molecular flexibility index (Phi) is 5.08. The molecule has 1 nitrogen and oxygen atoms in total. The van der Waals surface area contributed by atoms with Crippen LogP contribution in [0.1, 0.15) is 51.7 Å². The second-order valence-electron chi connectivity index (χ2n) is 12.3. The molecule has 0 unspecified atom stereocenters. The summed E-state index contributed by atoms with van der Waals surface area (Å²) in [5.41, 5.74) is 9.08. The molecule has 0 spiro atoms. The zero-order valence-electron chi connectivity index (χ0n) is 22.5. The first-order valence-electron chi connectivity index (χ1n) is 13.2. The van der Waals surface area contributed by atoms with Crippen LogP contribution in [0.4, 0.5) is 0 Å². The highest BCUT2D eigenvalue weighted by atomic mass is 28.3. The van der Waals surface area contributed by atoms with Crippen molar-refractivity contribution in [1.82, 2.24) is 4.98 Å². The van der Waals surface area contributed by atoms with Crippen molar-refractivity contribution >= 4 is 40.1 Å². The molecule has 2 heteroatoms. The summed E-state index contributed by atoms with van der Waals surface area (Å²) in [4.78, 5) is 5.39. The fraction of sp³-hybridized carbons (Fsp3) is 0.265. The van der Waals surface area contributed by atoms with Gasteiger partial charge in [0, 0.05) is 16.5 Å². The van der Waals surface area contributed by atoms with Gasteiger partial charge in [-0.3, -0.25) is 0 Å². The highest BCUT2D eigenvalue weighted by molar-refractivity contribution is 7.05. The lowest BCUT2D eigenvalue weighted by molar-refractivity contribution is 0.596. The molecule has 4 aromatic carbocycles. The van der Waals surface area contributed by atoms with E-state index in [1.54, 1.807) is 10.4 Å². The van der Waals surface area contributed by atoms with Gasteiger partial charge in [-0.15, -0.1) is 0 Å². The third-order valence-electron chi connectivity index (χ3n) is 8.11. The van der Waals surface area contributed by atoms with Crippen LogP contribution in [0.2, 0.25) is 13.1 Å². The Morgan fingerprint density at radius 2 is 1.47 bits per heavy atom. The number of fused-ring (bicyclic) bond motifs is 6. The summed E-state index contributed by atoms with van der Waals surface area (Å²) < 4.78 is 0. The molecule has 0 saturated heterocycles. The molecule has 1 aromatic heterocycles. The van der Waals surface area contributed by atoms with Crippen molar-refractivity contribution in [2.24, 2.45) is 0 Å². The van der Waals surface area contributed by atoms with E-state index in [0.29, 0.717) is 5.92 Å². The number of pyridine rings is 1. The first-order chi connectivity index (χ1) is 17.1. The second kappa shape index (κ2) is 7.88. The number of hydrogen-bond acceptors (Lipinski definition) is 1. The van der Waals surface area contributed by atoms with Crippen LogP contribution in [0.3, 0.4) is 0 Å². The minimum atomic E-state index is -1.93. The summed E-state index contributed by atoms with van der Waals surface area (Å²) in [6, 6.07) is 29.6. The molecule has 0 aliphatic carbocycles. The zero-order chi connectivity index (χ0) is 25.4. The van der Waals surface area contributed by atoms with Gasteiger partial charge in [-0.25, -0.2) is 4.98 Å². The quantitative estimate of drug-likeness (QED) is 0.229. The molecular formula is C34H35NSi. The molecule has 0 atom stereocenters. The van der Waals surface area contributed by atoms with Crippen molar-refractivity contribution in [3.63, 3.8) is 0 Å². The molecule has 0 fully saturated rings. The Hall–Kier alpha value is -3.23. The van der Waals surface area contributed by atoms with Gasteiger partial charge in [0.1, 0.15) is 8.07 Å². The molecule has 0 N–H and O–H groups in total. The van der Waals surface area contributed by atoms with Crippen molar-refractivity contribution in [1.29, 1.82) is 0 Å². The van der Waals surface area contributed by atoms with Gasteiger partial charge in [0.2, 0.25) is 0 Å². The number of nitrogens with zero attached hydrogens (tertiary/aromatic N) is 1. The van der Waals surface area contributed by atoms with Gasteiger partial charge >= 0.3 is 0 Å². The third-order valence-corrected chi connectivity index (χ3v) is 11.6. The molecule has 180 valence electrons. The van der Waals surface area contributed by atoms with Crippen molar-refractivity contribution in [3.8, 4) is 22.4 Å². The number of hydrogen-bond donors (Lipinski definition) is 0. The molecule has 1 aliphatic heterocycles. The van der Waals surface area contributed by atoms with Gasteiger partial charge in [-0.05, 0) is 67.4 Å². The Morgan fingerprint density at radius 1 is 0.778 bits per heavy atom. The second-order valence-corrected chi connectivity index (χ2v) is 16.6. The SMILES string of the molecule is CC(C)c1ccc2c(c1)[Si](C)(C)c1c-2c(-c2cc(C(C)(C)C)c3ccccc3c2)nc2ccccc12. The van der Waals surface area contributed by atoms with E-state index in [2.05, 4.69) is 127 Å².